The van der Waals surface area contributed by atoms with Crippen LogP contribution in [0.25, 0.3) is 0 Å². The summed E-state index contributed by atoms with van der Waals surface area (Å²) in [4.78, 5) is 67.8. The van der Waals surface area contributed by atoms with Crippen LogP contribution in [0.1, 0.15) is 27.7 Å². The third-order valence-electron chi connectivity index (χ3n) is 6.28. The number of benzene rings is 2. The van der Waals surface area contributed by atoms with Gasteiger partial charge in [-0.05, 0) is 16.7 Å². The lowest BCUT2D eigenvalue weighted by Crippen LogP contribution is -2.71. The minimum atomic E-state index is -1.03. The van der Waals surface area contributed by atoms with E-state index in [1.54, 1.807) is 0 Å². The van der Waals surface area contributed by atoms with Crippen molar-refractivity contribution in [1.29, 1.82) is 0 Å². The van der Waals surface area contributed by atoms with E-state index >= 15 is 0 Å². The summed E-state index contributed by atoms with van der Waals surface area (Å²) in [6, 6.07) is 17.5. The van der Waals surface area contributed by atoms with Gasteiger partial charge in [-0.25, -0.2) is 9.78 Å². The second-order valence-electron chi connectivity index (χ2n) is 8.67. The third kappa shape index (κ3) is 5.18. The molecule has 1 unspecified atom stereocenters. The van der Waals surface area contributed by atoms with Gasteiger partial charge in [0.15, 0.2) is 11.2 Å². The molecule has 2 N–H and O–H groups in total. The molecule has 202 valence electrons. The van der Waals surface area contributed by atoms with Gasteiger partial charge in [-0.3, -0.25) is 24.1 Å². The smallest absolute Gasteiger partial charge is 0.356 e. The molecule has 0 bridgehead atoms. The van der Waals surface area contributed by atoms with Crippen LogP contribution in [0, 0.1) is 0 Å². The van der Waals surface area contributed by atoms with Crippen molar-refractivity contribution in [2.45, 2.75) is 17.5 Å². The van der Waals surface area contributed by atoms with Crippen LogP contribution in [0.3, 0.4) is 0 Å². The summed E-state index contributed by atoms with van der Waals surface area (Å²) in [5.41, 5.74) is 1.95. The Balaban J connectivity index is 1.34. The second-order valence-corrected chi connectivity index (χ2v) is 10.6. The zero-order chi connectivity index (χ0) is 28.2. The number of fused-ring (bicyclic) bond motifs is 1. The topological polar surface area (TPSA) is 135 Å². The Hall–Kier alpha value is -4.55. The van der Waals surface area contributed by atoms with Gasteiger partial charge in [0.05, 0.1) is 0 Å². The standard InChI is InChI=1S/C28H22N4O6S2/c1-2-16-13-39-26-20(31-24(35)22(34)19-14-40-28(30-19)29-15-33)25(36)32(26)21(16)27(37)38-23(17-9-5-3-6-10-17)18-11-7-4-8-12-18/h2-12,14-15,20,23,26H,1,13H2,(H,31,35)(H,29,30,33)/t20?,26-/m0/s1. The number of hydrogen-bond acceptors (Lipinski definition) is 9. The number of carbonyl (C=O) groups is 5. The Kier molecular flexibility index (Phi) is 7.89. The molecule has 5 rings (SSSR count). The lowest BCUT2D eigenvalue weighted by molar-refractivity contribution is -0.154. The van der Waals surface area contributed by atoms with Crippen molar-refractivity contribution in [1.82, 2.24) is 15.2 Å². The molecular formula is C28H22N4O6S2. The van der Waals surface area contributed by atoms with Crippen LogP contribution >= 0.6 is 23.1 Å². The first kappa shape index (κ1) is 27.0. The highest BCUT2D eigenvalue weighted by Crippen LogP contribution is 2.41. The van der Waals surface area contributed by atoms with Gasteiger partial charge in [0.25, 0.3) is 17.6 Å². The largest absolute Gasteiger partial charge is 0.448 e. The number of amides is 3. The molecule has 1 saturated heterocycles. The van der Waals surface area contributed by atoms with Gasteiger partial charge >= 0.3 is 5.97 Å². The maximum absolute atomic E-state index is 13.6. The predicted molar refractivity (Wildman–Crippen MR) is 149 cm³/mol. The number of allylic oxidation sites excluding steroid dienone is 1. The van der Waals surface area contributed by atoms with E-state index in [1.807, 2.05) is 60.7 Å². The number of nitrogens with zero attached hydrogens (tertiary/aromatic N) is 2. The highest BCUT2D eigenvalue weighted by atomic mass is 32.2. The molecule has 0 spiro atoms. The number of ether oxygens (including phenoxy) is 1. The second kappa shape index (κ2) is 11.7. The molecule has 3 aromatic rings. The van der Waals surface area contributed by atoms with Crippen molar-refractivity contribution in [3.63, 3.8) is 0 Å². The van der Waals surface area contributed by atoms with Crippen molar-refractivity contribution in [3.8, 4) is 0 Å². The van der Waals surface area contributed by atoms with E-state index in [4.69, 9.17) is 4.74 Å². The third-order valence-corrected chi connectivity index (χ3v) is 8.35. The number of nitrogens with one attached hydrogen (secondary N) is 2. The van der Waals surface area contributed by atoms with Gasteiger partial charge in [0, 0.05) is 11.1 Å². The van der Waals surface area contributed by atoms with E-state index in [0.717, 1.165) is 22.5 Å². The molecule has 0 radical (unpaired) electrons. The molecule has 3 amide bonds. The first-order valence-electron chi connectivity index (χ1n) is 12.0. The summed E-state index contributed by atoms with van der Waals surface area (Å²) in [5, 5.41) is 5.65. The van der Waals surface area contributed by atoms with E-state index in [9.17, 15) is 24.0 Å². The highest BCUT2D eigenvalue weighted by Gasteiger charge is 2.54. The van der Waals surface area contributed by atoms with E-state index in [-0.39, 0.29) is 16.5 Å². The molecule has 2 aromatic carbocycles. The molecule has 2 aliphatic heterocycles. The van der Waals surface area contributed by atoms with E-state index in [0.29, 0.717) is 17.7 Å². The quantitative estimate of drug-likeness (QED) is 0.124. The van der Waals surface area contributed by atoms with Gasteiger partial charge in [0.1, 0.15) is 22.8 Å². The number of β-lactam (4-membered cyclic amide) rings is 1. The maximum atomic E-state index is 13.6. The first-order chi connectivity index (χ1) is 19.4. The predicted octanol–water partition coefficient (Wildman–Crippen LogP) is 3.07. The summed E-state index contributed by atoms with van der Waals surface area (Å²) in [6.07, 6.45) is 1.20. The Morgan fingerprint density at radius 1 is 1.07 bits per heavy atom. The minimum absolute atomic E-state index is 0.0570. The van der Waals surface area contributed by atoms with E-state index < -0.39 is 41.1 Å². The lowest BCUT2D eigenvalue weighted by atomic mass is 10.0. The average molecular weight is 575 g/mol. The molecule has 40 heavy (non-hydrogen) atoms. The summed E-state index contributed by atoms with van der Waals surface area (Å²) in [5.74, 6) is -2.88. The average Bonchev–Trinajstić information content (AvgIpc) is 3.46. The number of thioether (sulfide) groups is 1. The summed E-state index contributed by atoms with van der Waals surface area (Å²) in [6.45, 7) is 3.80. The van der Waals surface area contributed by atoms with Crippen molar-refractivity contribution in [2.75, 3.05) is 11.1 Å². The van der Waals surface area contributed by atoms with Crippen LogP contribution in [-0.2, 0) is 23.9 Å². The SMILES string of the molecule is C=CC1=C(C(=O)OC(c2ccccc2)c2ccccc2)N2C(=O)C(NC(=O)C(=O)c3csc(NC=O)n3)[C@@H]2SC1. The van der Waals surface area contributed by atoms with Gasteiger partial charge in [-0.2, -0.15) is 0 Å². The van der Waals surface area contributed by atoms with Crippen LogP contribution in [0.4, 0.5) is 5.13 Å². The fourth-order valence-electron chi connectivity index (χ4n) is 4.35. The Labute approximate surface area is 237 Å². The molecular weight excluding hydrogens is 552 g/mol. The van der Waals surface area contributed by atoms with Crippen molar-refractivity contribution >= 4 is 58.2 Å². The van der Waals surface area contributed by atoms with Crippen LogP contribution < -0.4 is 10.6 Å². The number of thiazole rings is 1. The fourth-order valence-corrected chi connectivity index (χ4v) is 6.34. The van der Waals surface area contributed by atoms with Crippen LogP contribution in [0.5, 0.6) is 0 Å². The van der Waals surface area contributed by atoms with Crippen LogP contribution in [-0.4, -0.2) is 57.0 Å². The number of carbonyl (C=O) groups excluding carboxylic acids is 5. The molecule has 3 heterocycles. The molecule has 0 saturated carbocycles. The highest BCUT2D eigenvalue weighted by molar-refractivity contribution is 8.00. The number of esters is 1. The van der Waals surface area contributed by atoms with E-state index in [1.165, 1.54) is 28.1 Å². The Morgan fingerprint density at radius 3 is 2.33 bits per heavy atom. The zero-order valence-electron chi connectivity index (χ0n) is 20.8. The number of Topliss-reactive ketones (excluding diaryl/α,β-unsaturated/α-hetero) is 1. The summed E-state index contributed by atoms with van der Waals surface area (Å²) in [7, 11) is 0. The number of rotatable bonds is 10. The Morgan fingerprint density at radius 2 is 1.73 bits per heavy atom. The number of ketones is 1. The van der Waals surface area contributed by atoms with Crippen LogP contribution in [0.2, 0.25) is 0 Å². The molecule has 2 atom stereocenters. The van der Waals surface area contributed by atoms with Gasteiger partial charge in [-0.1, -0.05) is 73.3 Å². The molecule has 1 fully saturated rings. The minimum Gasteiger partial charge on any atom is -0.448 e. The first-order valence-corrected chi connectivity index (χ1v) is 14.0. The molecule has 0 aliphatic carbocycles. The van der Waals surface area contributed by atoms with Crippen molar-refractivity contribution in [3.05, 3.63) is 107 Å². The van der Waals surface area contributed by atoms with Gasteiger partial charge in [0.2, 0.25) is 6.41 Å². The molecule has 2 aliphatic rings. The van der Waals surface area contributed by atoms with Gasteiger partial charge < -0.3 is 15.4 Å². The van der Waals surface area contributed by atoms with E-state index in [2.05, 4.69) is 22.2 Å². The molecule has 12 heteroatoms. The molecule has 10 nitrogen and oxygen atoms in total. The van der Waals surface area contributed by atoms with Crippen LogP contribution in [0.15, 0.2) is 90.0 Å². The Bertz CT molecular complexity index is 1480. The normalized spacial score (nSPS) is 17.9. The lowest BCUT2D eigenvalue weighted by Gasteiger charge is -2.49. The number of aromatic nitrogens is 1. The zero-order valence-corrected chi connectivity index (χ0v) is 22.4. The summed E-state index contributed by atoms with van der Waals surface area (Å²) >= 11 is 2.31. The number of hydrogen-bond donors (Lipinski definition) is 2. The van der Waals surface area contributed by atoms with Crippen molar-refractivity contribution in [2.24, 2.45) is 0 Å². The molecule has 1 aromatic heterocycles. The fraction of sp³-hybridized carbons (Fsp3) is 0.143. The number of anilines is 1. The maximum Gasteiger partial charge on any atom is 0.356 e. The van der Waals surface area contributed by atoms with Crippen molar-refractivity contribution < 1.29 is 28.7 Å². The van der Waals surface area contributed by atoms with Gasteiger partial charge in [-0.15, -0.1) is 23.1 Å². The monoisotopic (exact) mass is 574 g/mol. The summed E-state index contributed by atoms with van der Waals surface area (Å²) < 4.78 is 6.00.